The van der Waals surface area contributed by atoms with Crippen LogP contribution in [0.2, 0.25) is 5.02 Å². The number of aromatic nitrogens is 3. The summed E-state index contributed by atoms with van der Waals surface area (Å²) in [6.45, 7) is 0.656. The van der Waals surface area contributed by atoms with Crippen LogP contribution in [0.15, 0.2) is 42.9 Å². The minimum absolute atomic E-state index is 0.158. The summed E-state index contributed by atoms with van der Waals surface area (Å²) in [6, 6.07) is 6.07. The van der Waals surface area contributed by atoms with Crippen LogP contribution >= 0.6 is 11.6 Å². The van der Waals surface area contributed by atoms with Crippen molar-refractivity contribution in [2.24, 2.45) is 7.05 Å². The lowest BCUT2D eigenvalue weighted by Gasteiger charge is -2.12. The predicted octanol–water partition coefficient (Wildman–Crippen LogP) is 5.28. The maximum Gasteiger partial charge on any atom is 0.416 e. The van der Waals surface area contributed by atoms with Crippen LogP contribution in [0, 0.1) is 5.82 Å². The number of nitrogens with one attached hydrogen (secondary N) is 1. The van der Waals surface area contributed by atoms with Gasteiger partial charge in [-0.2, -0.15) is 13.2 Å². The van der Waals surface area contributed by atoms with Gasteiger partial charge in [0.1, 0.15) is 23.6 Å². The Morgan fingerprint density at radius 3 is 2.58 bits per heavy atom. The summed E-state index contributed by atoms with van der Waals surface area (Å²) in [5, 5.41) is 3.78. The summed E-state index contributed by atoms with van der Waals surface area (Å²) in [5.41, 5.74) is 9.44. The zero-order chi connectivity index (χ0) is 26.2. The van der Waals surface area contributed by atoms with E-state index in [1.165, 1.54) is 13.4 Å². The quantitative estimate of drug-likeness (QED) is 0.283. The molecule has 2 aromatic carbocycles. The average molecular weight is 521 g/mol. The Balaban J connectivity index is 0.000000200. The second-order valence-corrected chi connectivity index (χ2v) is 8.41. The Hall–Kier alpha value is -3.86. The zero-order valence-corrected chi connectivity index (χ0v) is 20.0. The van der Waals surface area contributed by atoms with E-state index >= 15 is 0 Å². The van der Waals surface area contributed by atoms with Crippen molar-refractivity contribution in [1.82, 2.24) is 14.5 Å². The van der Waals surface area contributed by atoms with Crippen molar-refractivity contribution in [2.75, 3.05) is 29.5 Å². The Labute approximate surface area is 208 Å². The van der Waals surface area contributed by atoms with Crippen LogP contribution in [0.4, 0.5) is 34.8 Å². The molecular formula is C24H21ClF4N6O. The van der Waals surface area contributed by atoms with E-state index in [4.69, 9.17) is 17.3 Å². The number of alkyl halides is 3. The molecule has 7 nitrogen and oxygen atoms in total. The van der Waals surface area contributed by atoms with Crippen molar-refractivity contribution >= 4 is 46.2 Å². The lowest BCUT2D eigenvalue weighted by atomic mass is 10.0. The molecule has 3 heterocycles. The Bertz CT molecular complexity index is 1450. The van der Waals surface area contributed by atoms with Crippen molar-refractivity contribution < 1.29 is 22.4 Å². The van der Waals surface area contributed by atoms with E-state index in [0.717, 1.165) is 58.4 Å². The average Bonchev–Trinajstić information content (AvgIpc) is 3.41. The highest BCUT2D eigenvalue weighted by Gasteiger charge is 2.31. The monoisotopic (exact) mass is 520 g/mol. The number of halogens is 5. The summed E-state index contributed by atoms with van der Waals surface area (Å²) in [5.74, 6) is -0.271. The van der Waals surface area contributed by atoms with Crippen LogP contribution in [-0.4, -0.2) is 34.5 Å². The van der Waals surface area contributed by atoms with Gasteiger partial charge < -0.3 is 20.5 Å². The minimum Gasteiger partial charge on any atom is -0.386 e. The van der Waals surface area contributed by atoms with Crippen molar-refractivity contribution in [3.05, 3.63) is 64.8 Å². The van der Waals surface area contributed by atoms with Crippen LogP contribution < -0.4 is 16.0 Å². The zero-order valence-electron chi connectivity index (χ0n) is 19.2. The van der Waals surface area contributed by atoms with Gasteiger partial charge in [-0.15, -0.1) is 0 Å². The van der Waals surface area contributed by atoms with Gasteiger partial charge >= 0.3 is 6.18 Å². The smallest absolute Gasteiger partial charge is 0.386 e. The number of hydrogen-bond acceptors (Lipinski definition) is 5. The van der Waals surface area contributed by atoms with Gasteiger partial charge in [-0.05, 0) is 36.2 Å². The molecular weight excluding hydrogens is 500 g/mol. The molecule has 0 radical (unpaired) electrons. The summed E-state index contributed by atoms with van der Waals surface area (Å²) < 4.78 is 50.9. The molecule has 0 saturated heterocycles. The molecule has 1 aliphatic rings. The lowest BCUT2D eigenvalue weighted by molar-refractivity contribution is -0.137. The number of rotatable bonds is 3. The summed E-state index contributed by atoms with van der Waals surface area (Å²) >= 11 is 6.64. The molecule has 4 aromatic rings. The van der Waals surface area contributed by atoms with Gasteiger partial charge in [0.2, 0.25) is 6.41 Å². The molecule has 0 atom stereocenters. The number of carbonyl (C=O) groups is 1. The van der Waals surface area contributed by atoms with Crippen molar-refractivity contribution in [2.45, 2.75) is 12.6 Å². The summed E-state index contributed by atoms with van der Waals surface area (Å²) in [7, 11) is 3.27. The van der Waals surface area contributed by atoms with Crippen molar-refractivity contribution in [3.8, 4) is 11.1 Å². The molecule has 3 N–H and O–H groups in total. The lowest BCUT2D eigenvalue weighted by Crippen LogP contribution is -2.17. The third-order valence-electron chi connectivity index (χ3n) is 5.89. The van der Waals surface area contributed by atoms with Gasteiger partial charge in [-0.3, -0.25) is 4.79 Å². The molecule has 0 spiro atoms. The number of amides is 1. The number of nitrogens with zero attached hydrogens (tertiary/aromatic N) is 4. The van der Waals surface area contributed by atoms with E-state index in [2.05, 4.69) is 15.3 Å². The number of fused-ring (bicyclic) bond motifs is 2. The highest BCUT2D eigenvalue weighted by molar-refractivity contribution is 6.35. The van der Waals surface area contributed by atoms with E-state index in [1.807, 2.05) is 29.9 Å². The van der Waals surface area contributed by atoms with E-state index in [1.54, 1.807) is 4.90 Å². The molecule has 12 heteroatoms. The highest BCUT2D eigenvalue weighted by Crippen LogP contribution is 2.42. The molecule has 0 aliphatic carbocycles. The molecule has 0 saturated carbocycles. The van der Waals surface area contributed by atoms with Crippen LogP contribution in [-0.2, 0) is 24.4 Å². The first-order valence-corrected chi connectivity index (χ1v) is 11.1. The maximum atomic E-state index is 12.7. The topological polar surface area (TPSA) is 89.1 Å². The fraction of sp³-hybridized carbons (Fsp3) is 0.208. The van der Waals surface area contributed by atoms with Gasteiger partial charge in [0.05, 0.1) is 21.7 Å². The third kappa shape index (κ3) is 4.53. The molecule has 1 amide bonds. The summed E-state index contributed by atoms with van der Waals surface area (Å²) in [6.07, 6.45) is 0.561. The second kappa shape index (κ2) is 9.65. The van der Waals surface area contributed by atoms with E-state index in [0.29, 0.717) is 23.5 Å². The van der Waals surface area contributed by atoms with E-state index in [-0.39, 0.29) is 5.69 Å². The third-order valence-corrected chi connectivity index (χ3v) is 6.33. The Kier molecular flexibility index (Phi) is 6.77. The van der Waals surface area contributed by atoms with Gasteiger partial charge in [-0.1, -0.05) is 17.7 Å². The first-order valence-electron chi connectivity index (χ1n) is 10.7. The van der Waals surface area contributed by atoms with Crippen molar-refractivity contribution in [1.29, 1.82) is 0 Å². The fourth-order valence-electron chi connectivity index (χ4n) is 4.12. The van der Waals surface area contributed by atoms with Gasteiger partial charge in [0, 0.05) is 43.7 Å². The molecule has 5 rings (SSSR count). The number of nitrogen functional groups attached to an aromatic ring is 1. The largest absolute Gasteiger partial charge is 0.416 e. The molecule has 36 heavy (non-hydrogen) atoms. The van der Waals surface area contributed by atoms with Crippen LogP contribution in [0.25, 0.3) is 22.2 Å². The van der Waals surface area contributed by atoms with Gasteiger partial charge in [-0.25, -0.2) is 14.4 Å². The molecule has 0 bridgehead atoms. The van der Waals surface area contributed by atoms with Crippen LogP contribution in [0.1, 0.15) is 11.1 Å². The first-order chi connectivity index (χ1) is 17.1. The van der Waals surface area contributed by atoms with Gasteiger partial charge in [0.25, 0.3) is 0 Å². The number of aryl methyl sites for hydroxylation is 1. The number of benzene rings is 2. The van der Waals surface area contributed by atoms with Crippen LogP contribution in [0.5, 0.6) is 0 Å². The number of anilines is 3. The fourth-order valence-corrected chi connectivity index (χ4v) is 4.48. The SMILES string of the molecule is CNc1cc(C(F)(F)F)ccc1F.Cn1cc(-c2ccc3c(c2Cl)CCN3C=O)c2c(N)ncnc21. The minimum atomic E-state index is -4.43. The normalized spacial score (nSPS) is 12.8. The van der Waals surface area contributed by atoms with E-state index < -0.39 is 17.6 Å². The first kappa shape index (κ1) is 25.2. The molecule has 2 aromatic heterocycles. The summed E-state index contributed by atoms with van der Waals surface area (Å²) in [4.78, 5) is 21.2. The van der Waals surface area contributed by atoms with Crippen molar-refractivity contribution in [3.63, 3.8) is 0 Å². The standard InChI is InChI=1S/C16H14ClN5O.C8H7F4N/c1-21-6-11(13-15(18)19-7-20-16(13)21)9-2-3-12-10(14(9)17)4-5-22(12)8-23;1-13-7-4-5(8(10,11)12)2-3-6(7)9/h2-3,6-8H,4-5H2,1H3,(H2,18,19,20);2-4,13H,1H3. The molecule has 0 unspecified atom stereocenters. The Morgan fingerprint density at radius 2 is 1.92 bits per heavy atom. The van der Waals surface area contributed by atoms with Crippen LogP contribution in [0.3, 0.4) is 0 Å². The number of nitrogens with two attached hydrogens (primary N) is 1. The molecule has 188 valence electrons. The maximum absolute atomic E-state index is 12.7. The number of hydrogen-bond donors (Lipinski definition) is 2. The predicted molar refractivity (Wildman–Crippen MR) is 131 cm³/mol. The number of carbonyl (C=O) groups excluding carboxylic acids is 1. The van der Waals surface area contributed by atoms with Gasteiger partial charge in [0.15, 0.2) is 0 Å². The molecule has 1 aliphatic heterocycles. The second-order valence-electron chi connectivity index (χ2n) is 8.03. The molecule has 0 fully saturated rings. The highest BCUT2D eigenvalue weighted by atomic mass is 35.5. The van der Waals surface area contributed by atoms with E-state index in [9.17, 15) is 22.4 Å². The Morgan fingerprint density at radius 1 is 1.17 bits per heavy atom.